The van der Waals surface area contributed by atoms with E-state index in [-0.39, 0.29) is 5.82 Å². The Labute approximate surface area is 172 Å². The summed E-state index contributed by atoms with van der Waals surface area (Å²) in [6.45, 7) is 0. The minimum Gasteiger partial charge on any atom is -0.463 e. The molecule has 1 atom stereocenters. The number of halogens is 1. The molecule has 0 bridgehead atoms. The number of carbonyl (C=O) groups is 1. The maximum Gasteiger partial charge on any atom is 0.255 e. The number of rotatable bonds is 4. The third-order valence-electron chi connectivity index (χ3n) is 4.70. The zero-order chi connectivity index (χ0) is 21.5. The molecule has 4 rings (SSSR count). The highest BCUT2D eigenvalue weighted by atomic mass is 32.2. The number of nitrogen functional groups attached to an aromatic ring is 1. The van der Waals surface area contributed by atoms with Crippen molar-refractivity contribution >= 4 is 38.0 Å². The predicted octanol–water partition coefficient (Wildman–Crippen LogP) is 5.11. The van der Waals surface area contributed by atoms with E-state index in [4.69, 9.17) is 14.9 Å². The van der Waals surface area contributed by atoms with Crippen molar-refractivity contribution in [2.24, 2.45) is 0 Å². The van der Waals surface area contributed by atoms with Gasteiger partial charge in [0.15, 0.2) is 0 Å². The third-order valence-corrected chi connectivity index (χ3v) is 5.86. The number of benzene rings is 3. The lowest BCUT2D eigenvalue weighted by Crippen LogP contribution is -2.13. The first-order chi connectivity index (χ1) is 14.2. The molecule has 152 valence electrons. The largest absolute Gasteiger partial charge is 0.463 e. The number of hydrogen-bond donors (Lipinski definition) is 3. The standard InChI is InChI=1S/C22H18FN3O3S/c1-30(25,28)21-12-29-20-11-15(4-8-17(20)21)22(27)26-19-10-14(5-9-18(19)24)13-2-6-16(23)7-3-13/h2-12,25H,24H2,1H3,(H,26,27). The lowest BCUT2D eigenvalue weighted by Gasteiger charge is -2.11. The average molecular weight is 423 g/mol. The molecule has 0 aliphatic rings. The summed E-state index contributed by atoms with van der Waals surface area (Å²) < 4.78 is 38.3. The minimum atomic E-state index is -2.94. The van der Waals surface area contributed by atoms with Crippen LogP contribution in [0.25, 0.3) is 22.1 Å². The van der Waals surface area contributed by atoms with Gasteiger partial charge in [0.1, 0.15) is 17.7 Å². The van der Waals surface area contributed by atoms with Crippen LogP contribution >= 0.6 is 0 Å². The van der Waals surface area contributed by atoms with Crippen molar-refractivity contribution in [3.05, 3.63) is 78.3 Å². The van der Waals surface area contributed by atoms with E-state index in [1.54, 1.807) is 42.5 Å². The molecule has 0 radical (unpaired) electrons. The summed E-state index contributed by atoms with van der Waals surface area (Å²) >= 11 is 0. The van der Waals surface area contributed by atoms with Crippen LogP contribution in [0.2, 0.25) is 0 Å². The van der Waals surface area contributed by atoms with Crippen molar-refractivity contribution in [2.75, 3.05) is 17.3 Å². The Morgan fingerprint density at radius 1 is 1.07 bits per heavy atom. The Hall–Kier alpha value is -3.65. The van der Waals surface area contributed by atoms with Crippen molar-refractivity contribution in [3.8, 4) is 11.1 Å². The molecule has 0 saturated heterocycles. The summed E-state index contributed by atoms with van der Waals surface area (Å²) in [5.41, 5.74) is 9.07. The molecule has 0 fully saturated rings. The van der Waals surface area contributed by atoms with Crippen LogP contribution in [-0.4, -0.2) is 16.4 Å². The number of furan rings is 1. The van der Waals surface area contributed by atoms with E-state index in [1.165, 1.54) is 30.7 Å². The maximum atomic E-state index is 13.2. The van der Waals surface area contributed by atoms with Gasteiger partial charge in [-0.2, -0.15) is 0 Å². The van der Waals surface area contributed by atoms with Gasteiger partial charge in [-0.05, 0) is 53.6 Å². The summed E-state index contributed by atoms with van der Waals surface area (Å²) in [5.74, 6) is -0.732. The zero-order valence-corrected chi connectivity index (χ0v) is 16.8. The van der Waals surface area contributed by atoms with Crippen molar-refractivity contribution in [2.45, 2.75) is 4.90 Å². The quantitative estimate of drug-likeness (QED) is 0.396. The third kappa shape index (κ3) is 3.77. The Morgan fingerprint density at radius 2 is 1.77 bits per heavy atom. The summed E-state index contributed by atoms with van der Waals surface area (Å²) in [7, 11) is -2.94. The summed E-state index contributed by atoms with van der Waals surface area (Å²) in [6.07, 6.45) is 2.60. The summed E-state index contributed by atoms with van der Waals surface area (Å²) in [4.78, 5) is 13.0. The fourth-order valence-electron chi connectivity index (χ4n) is 3.13. The highest BCUT2D eigenvalue weighted by molar-refractivity contribution is 7.92. The number of hydrogen-bond acceptors (Lipinski definition) is 5. The molecule has 0 spiro atoms. The van der Waals surface area contributed by atoms with Crippen molar-refractivity contribution in [1.82, 2.24) is 0 Å². The molecule has 1 amide bonds. The van der Waals surface area contributed by atoms with E-state index in [9.17, 15) is 13.4 Å². The van der Waals surface area contributed by atoms with E-state index in [2.05, 4.69) is 5.32 Å². The number of anilines is 2. The monoisotopic (exact) mass is 423 g/mol. The lowest BCUT2D eigenvalue weighted by molar-refractivity contribution is 0.102. The Balaban J connectivity index is 1.63. The second-order valence-corrected chi connectivity index (χ2v) is 9.04. The van der Waals surface area contributed by atoms with E-state index < -0.39 is 15.6 Å². The van der Waals surface area contributed by atoms with Gasteiger partial charge in [0.05, 0.1) is 26.0 Å². The first-order valence-corrected chi connectivity index (χ1v) is 10.9. The predicted molar refractivity (Wildman–Crippen MR) is 115 cm³/mol. The topological polar surface area (TPSA) is 109 Å². The number of amides is 1. The molecule has 4 aromatic rings. The molecule has 0 aliphatic carbocycles. The molecule has 3 aromatic carbocycles. The van der Waals surface area contributed by atoms with Crippen LogP contribution in [0.5, 0.6) is 0 Å². The van der Waals surface area contributed by atoms with Crippen LogP contribution in [-0.2, 0) is 9.73 Å². The molecule has 1 aromatic heterocycles. The van der Waals surface area contributed by atoms with Gasteiger partial charge in [0, 0.05) is 17.2 Å². The molecule has 1 unspecified atom stereocenters. The van der Waals surface area contributed by atoms with Gasteiger partial charge < -0.3 is 15.5 Å². The van der Waals surface area contributed by atoms with Crippen LogP contribution in [0.4, 0.5) is 15.8 Å². The van der Waals surface area contributed by atoms with Gasteiger partial charge >= 0.3 is 0 Å². The van der Waals surface area contributed by atoms with E-state index in [0.29, 0.717) is 32.8 Å². The van der Waals surface area contributed by atoms with Gasteiger partial charge in [0.2, 0.25) is 0 Å². The second-order valence-electron chi connectivity index (χ2n) is 6.92. The first kappa shape index (κ1) is 19.7. The van der Waals surface area contributed by atoms with E-state index in [1.807, 2.05) is 0 Å². The van der Waals surface area contributed by atoms with Crippen molar-refractivity contribution in [3.63, 3.8) is 0 Å². The molecule has 6 nitrogen and oxygen atoms in total. The fraction of sp³-hybridized carbons (Fsp3) is 0.0455. The van der Waals surface area contributed by atoms with Crippen molar-refractivity contribution < 1.29 is 17.8 Å². The van der Waals surface area contributed by atoms with Gasteiger partial charge in [-0.15, -0.1) is 0 Å². The Kier molecular flexibility index (Phi) is 4.79. The molecule has 0 saturated carbocycles. The SMILES string of the molecule is CS(=N)(=O)c1coc2cc(C(=O)Nc3cc(-c4ccc(F)cc4)ccc3N)ccc12. The highest BCUT2D eigenvalue weighted by Crippen LogP contribution is 2.29. The molecular formula is C22H18FN3O3S. The van der Waals surface area contributed by atoms with Gasteiger partial charge in [0.25, 0.3) is 5.91 Å². The van der Waals surface area contributed by atoms with Crippen LogP contribution in [0.1, 0.15) is 10.4 Å². The molecule has 0 aliphatic heterocycles. The highest BCUT2D eigenvalue weighted by Gasteiger charge is 2.16. The molecule has 8 heteroatoms. The minimum absolute atomic E-state index is 0.292. The molecular weight excluding hydrogens is 405 g/mol. The van der Waals surface area contributed by atoms with Crippen LogP contribution in [0.3, 0.4) is 0 Å². The normalized spacial score (nSPS) is 13.1. The maximum absolute atomic E-state index is 13.2. The Morgan fingerprint density at radius 3 is 2.47 bits per heavy atom. The van der Waals surface area contributed by atoms with E-state index >= 15 is 0 Å². The number of nitrogens with one attached hydrogen (secondary N) is 2. The average Bonchev–Trinajstić information content (AvgIpc) is 3.14. The number of carbonyl (C=O) groups excluding carboxylic acids is 1. The zero-order valence-electron chi connectivity index (χ0n) is 15.9. The number of nitrogens with two attached hydrogens (primary N) is 1. The van der Waals surface area contributed by atoms with E-state index in [0.717, 1.165) is 11.1 Å². The molecule has 4 N–H and O–H groups in total. The summed E-state index contributed by atoms with van der Waals surface area (Å²) in [5, 5.41) is 3.31. The lowest BCUT2D eigenvalue weighted by atomic mass is 10.0. The van der Waals surface area contributed by atoms with Gasteiger partial charge in [-0.25, -0.2) is 13.4 Å². The van der Waals surface area contributed by atoms with Gasteiger partial charge in [-0.1, -0.05) is 18.2 Å². The van der Waals surface area contributed by atoms with Crippen LogP contribution in [0, 0.1) is 10.6 Å². The fourth-order valence-corrected chi connectivity index (χ4v) is 3.95. The molecule has 30 heavy (non-hydrogen) atoms. The second kappa shape index (κ2) is 7.31. The summed E-state index contributed by atoms with van der Waals surface area (Å²) in [6, 6.07) is 15.9. The van der Waals surface area contributed by atoms with Gasteiger partial charge in [-0.3, -0.25) is 4.79 Å². The van der Waals surface area contributed by atoms with Crippen molar-refractivity contribution in [1.29, 1.82) is 4.78 Å². The smallest absolute Gasteiger partial charge is 0.255 e. The van der Waals surface area contributed by atoms with Crippen LogP contribution in [0.15, 0.2) is 76.2 Å². The van der Waals surface area contributed by atoms with Crippen LogP contribution < -0.4 is 11.1 Å². The number of fused-ring (bicyclic) bond motifs is 1. The first-order valence-electron chi connectivity index (χ1n) is 8.94. The molecule has 1 heterocycles. The Bertz CT molecular complexity index is 1380.